The summed E-state index contributed by atoms with van der Waals surface area (Å²) in [6.07, 6.45) is 1.12. The molecule has 1 atom stereocenters. The van der Waals surface area contributed by atoms with Gasteiger partial charge < -0.3 is 5.73 Å². The average molecular weight is 338 g/mol. The Morgan fingerprint density at radius 3 is 2.57 bits per heavy atom. The van der Waals surface area contributed by atoms with E-state index in [-0.39, 0.29) is 13.1 Å². The zero-order valence-corrected chi connectivity index (χ0v) is 13.1. The Kier molecular flexibility index (Phi) is 3.69. The number of halogens is 1. The second-order valence-corrected chi connectivity index (χ2v) is 7.47. The number of sulfonamides is 1. The highest BCUT2D eigenvalue weighted by molar-refractivity contribution is 7.88. The van der Waals surface area contributed by atoms with E-state index in [1.165, 1.54) is 28.6 Å². The Morgan fingerprint density at radius 2 is 2.00 bits per heavy atom. The number of hydrogen-bond acceptors (Lipinski definition) is 4. The Bertz CT molecular complexity index is 861. The summed E-state index contributed by atoms with van der Waals surface area (Å²) in [5.74, 6) is -1.92. The molecule has 122 valence electrons. The van der Waals surface area contributed by atoms with Crippen LogP contribution in [0.5, 0.6) is 0 Å². The van der Waals surface area contributed by atoms with Gasteiger partial charge in [-0.2, -0.15) is 9.40 Å². The number of benzene rings is 1. The maximum Gasteiger partial charge on any atom is 0.231 e. The minimum Gasteiger partial charge on any atom is -0.369 e. The lowest BCUT2D eigenvalue weighted by atomic mass is 9.92. The number of hydrogen-bond donors (Lipinski definition) is 2. The van der Waals surface area contributed by atoms with Gasteiger partial charge in [0.25, 0.3) is 0 Å². The highest BCUT2D eigenvalue weighted by Crippen LogP contribution is 2.33. The molecule has 0 bridgehead atoms. The number of aromatic nitrogens is 2. The fraction of sp³-hybridized carbons (Fsp3) is 0.286. The largest absolute Gasteiger partial charge is 0.369 e. The highest BCUT2D eigenvalue weighted by atomic mass is 32.2. The van der Waals surface area contributed by atoms with E-state index >= 15 is 0 Å². The normalized spacial score (nSPS) is 16.3. The van der Waals surface area contributed by atoms with E-state index in [0.717, 1.165) is 6.26 Å². The second-order valence-electron chi connectivity index (χ2n) is 5.48. The number of nitrogens with one attached hydrogen (secondary N) is 1. The molecule has 2 heterocycles. The third-order valence-electron chi connectivity index (χ3n) is 3.88. The molecule has 1 aromatic heterocycles. The Balaban J connectivity index is 2.02. The maximum absolute atomic E-state index is 13.1. The molecule has 0 saturated carbocycles. The van der Waals surface area contributed by atoms with Crippen molar-refractivity contribution in [1.82, 2.24) is 14.5 Å². The molecule has 0 radical (unpaired) electrons. The van der Waals surface area contributed by atoms with Gasteiger partial charge in [0, 0.05) is 12.1 Å². The van der Waals surface area contributed by atoms with Gasteiger partial charge in [0.2, 0.25) is 15.9 Å². The molecular formula is C14H15FN4O3S. The first-order chi connectivity index (χ1) is 10.8. The van der Waals surface area contributed by atoms with Crippen molar-refractivity contribution in [2.24, 2.45) is 5.73 Å². The number of primary amides is 1. The van der Waals surface area contributed by atoms with Gasteiger partial charge in [-0.1, -0.05) is 12.1 Å². The topological polar surface area (TPSA) is 109 Å². The second kappa shape index (κ2) is 5.43. The molecule has 23 heavy (non-hydrogen) atoms. The fourth-order valence-corrected chi connectivity index (χ4v) is 3.45. The van der Waals surface area contributed by atoms with E-state index in [9.17, 15) is 17.6 Å². The first-order valence-electron chi connectivity index (χ1n) is 6.83. The van der Waals surface area contributed by atoms with Gasteiger partial charge in [-0.15, -0.1) is 0 Å². The minimum atomic E-state index is -3.35. The molecule has 0 spiro atoms. The summed E-state index contributed by atoms with van der Waals surface area (Å²) in [5.41, 5.74) is 7.66. The molecule has 3 rings (SSSR count). The average Bonchev–Trinajstić information content (AvgIpc) is 3.02. The number of carbonyl (C=O) groups is 1. The third-order valence-corrected chi connectivity index (χ3v) is 5.08. The van der Waals surface area contributed by atoms with Crippen LogP contribution in [0.25, 0.3) is 0 Å². The van der Waals surface area contributed by atoms with Crippen LogP contribution >= 0.6 is 0 Å². The minimum absolute atomic E-state index is 0.130. The van der Waals surface area contributed by atoms with Crippen molar-refractivity contribution in [2.75, 3.05) is 6.26 Å². The highest BCUT2D eigenvalue weighted by Gasteiger charge is 2.34. The first-order valence-corrected chi connectivity index (χ1v) is 8.68. The molecule has 1 unspecified atom stereocenters. The van der Waals surface area contributed by atoms with Crippen LogP contribution in [0, 0.1) is 5.82 Å². The van der Waals surface area contributed by atoms with Gasteiger partial charge >= 0.3 is 0 Å². The van der Waals surface area contributed by atoms with Crippen molar-refractivity contribution in [3.05, 3.63) is 52.6 Å². The molecule has 0 saturated heterocycles. The van der Waals surface area contributed by atoms with Gasteiger partial charge in [0.1, 0.15) is 11.7 Å². The SMILES string of the molecule is CS(=O)(=O)N1Cc2[nH]nc(C(C(N)=O)c3ccc(F)cc3)c2C1. The van der Waals surface area contributed by atoms with Crippen LogP contribution in [0.3, 0.4) is 0 Å². The van der Waals surface area contributed by atoms with E-state index < -0.39 is 27.7 Å². The molecule has 1 aromatic carbocycles. The summed E-state index contributed by atoms with van der Waals surface area (Å²) in [6, 6.07) is 5.41. The van der Waals surface area contributed by atoms with Gasteiger partial charge in [-0.3, -0.25) is 9.89 Å². The van der Waals surface area contributed by atoms with Crippen LogP contribution in [0.4, 0.5) is 4.39 Å². The summed E-state index contributed by atoms with van der Waals surface area (Å²) in [5, 5.41) is 6.90. The molecular weight excluding hydrogens is 323 g/mol. The molecule has 7 nitrogen and oxygen atoms in total. The predicted octanol–water partition coefficient (Wildman–Crippen LogP) is 0.441. The number of nitrogens with two attached hydrogens (primary N) is 1. The van der Waals surface area contributed by atoms with E-state index in [1.807, 2.05) is 0 Å². The lowest BCUT2D eigenvalue weighted by Gasteiger charge is -2.15. The monoisotopic (exact) mass is 338 g/mol. The number of nitrogens with zero attached hydrogens (tertiary/aromatic N) is 2. The van der Waals surface area contributed by atoms with E-state index in [2.05, 4.69) is 10.2 Å². The molecule has 1 aliphatic rings. The molecule has 3 N–H and O–H groups in total. The Morgan fingerprint density at radius 1 is 1.35 bits per heavy atom. The van der Waals surface area contributed by atoms with E-state index in [4.69, 9.17) is 5.73 Å². The Hall–Kier alpha value is -2.26. The zero-order chi connectivity index (χ0) is 16.8. The summed E-state index contributed by atoms with van der Waals surface area (Å²) < 4.78 is 37.7. The smallest absolute Gasteiger partial charge is 0.231 e. The first kappa shape index (κ1) is 15.6. The van der Waals surface area contributed by atoms with Crippen molar-refractivity contribution < 1.29 is 17.6 Å². The van der Waals surface area contributed by atoms with Crippen LogP contribution < -0.4 is 5.73 Å². The van der Waals surface area contributed by atoms with Gasteiger partial charge in [-0.25, -0.2) is 12.8 Å². The summed E-state index contributed by atoms with van der Waals surface area (Å²) in [7, 11) is -3.35. The lowest BCUT2D eigenvalue weighted by Crippen LogP contribution is -2.26. The Labute approximate surface area is 132 Å². The molecule has 9 heteroatoms. The van der Waals surface area contributed by atoms with Crippen LogP contribution in [-0.4, -0.2) is 35.1 Å². The van der Waals surface area contributed by atoms with Gasteiger partial charge in [-0.05, 0) is 17.7 Å². The van der Waals surface area contributed by atoms with Gasteiger partial charge in [0.15, 0.2) is 0 Å². The fourth-order valence-electron chi connectivity index (χ4n) is 2.72. The standard InChI is InChI=1S/C14H15FN4O3S/c1-23(21,22)19-6-10-11(7-19)17-18-13(10)12(14(16)20)8-2-4-9(15)5-3-8/h2-5,12H,6-7H2,1H3,(H2,16,20)(H,17,18). The predicted molar refractivity (Wildman–Crippen MR) is 80.1 cm³/mol. The van der Waals surface area contributed by atoms with Crippen LogP contribution in [-0.2, 0) is 27.9 Å². The summed E-state index contributed by atoms with van der Waals surface area (Å²) >= 11 is 0. The number of amides is 1. The quantitative estimate of drug-likeness (QED) is 0.843. The third kappa shape index (κ3) is 2.84. The molecule has 0 aliphatic carbocycles. The summed E-state index contributed by atoms with van der Waals surface area (Å²) in [4.78, 5) is 11.9. The van der Waals surface area contributed by atoms with Gasteiger partial charge in [0.05, 0.1) is 24.2 Å². The van der Waals surface area contributed by atoms with Crippen molar-refractivity contribution >= 4 is 15.9 Å². The van der Waals surface area contributed by atoms with Crippen LogP contribution in [0.15, 0.2) is 24.3 Å². The molecule has 2 aromatic rings. The molecule has 1 amide bonds. The number of fused-ring (bicyclic) bond motifs is 1. The van der Waals surface area contributed by atoms with Crippen molar-refractivity contribution in [3.63, 3.8) is 0 Å². The number of rotatable bonds is 4. The lowest BCUT2D eigenvalue weighted by molar-refractivity contribution is -0.118. The van der Waals surface area contributed by atoms with Crippen LogP contribution in [0.1, 0.15) is 28.4 Å². The zero-order valence-electron chi connectivity index (χ0n) is 12.3. The van der Waals surface area contributed by atoms with Crippen LogP contribution in [0.2, 0.25) is 0 Å². The van der Waals surface area contributed by atoms with E-state index in [0.29, 0.717) is 22.5 Å². The van der Waals surface area contributed by atoms with Crippen molar-refractivity contribution in [1.29, 1.82) is 0 Å². The van der Waals surface area contributed by atoms with E-state index in [1.54, 1.807) is 0 Å². The number of carbonyl (C=O) groups excluding carboxylic acids is 1. The number of H-pyrrole nitrogens is 1. The summed E-state index contributed by atoms with van der Waals surface area (Å²) in [6.45, 7) is 0.307. The number of aromatic amines is 1. The maximum atomic E-state index is 13.1. The van der Waals surface area contributed by atoms with Crippen molar-refractivity contribution in [2.45, 2.75) is 19.0 Å². The molecule has 0 fully saturated rings. The van der Waals surface area contributed by atoms with Crippen molar-refractivity contribution in [3.8, 4) is 0 Å². The molecule has 1 aliphatic heterocycles.